The van der Waals surface area contributed by atoms with Gasteiger partial charge in [0.25, 0.3) is 5.91 Å². The molecule has 0 aromatic heterocycles. The summed E-state index contributed by atoms with van der Waals surface area (Å²) in [5.41, 5.74) is 8.17. The number of carbonyl (C=O) groups excluding carboxylic acids is 1. The van der Waals surface area contributed by atoms with E-state index in [0.717, 1.165) is 24.8 Å². The number of nitrogen functional groups attached to an aromatic ring is 1. The SMILES string of the molecule is Cc1cccc(N)c1C(=O)N1CCOC2CCCC21. The third-order valence-electron chi connectivity index (χ3n) is 4.26. The maximum atomic E-state index is 12.8. The number of fused-ring (bicyclic) bond motifs is 1. The van der Waals surface area contributed by atoms with Crippen molar-refractivity contribution >= 4 is 11.6 Å². The number of morpholine rings is 1. The molecule has 2 atom stereocenters. The van der Waals surface area contributed by atoms with Crippen molar-refractivity contribution < 1.29 is 9.53 Å². The van der Waals surface area contributed by atoms with Crippen LogP contribution in [0.5, 0.6) is 0 Å². The molecule has 0 radical (unpaired) electrons. The number of nitrogens with zero attached hydrogens (tertiary/aromatic N) is 1. The molecule has 1 saturated carbocycles. The molecule has 1 amide bonds. The topological polar surface area (TPSA) is 55.6 Å². The first-order valence-electron chi connectivity index (χ1n) is 6.96. The molecule has 2 fully saturated rings. The van der Waals surface area contributed by atoms with Crippen molar-refractivity contribution in [2.75, 3.05) is 18.9 Å². The van der Waals surface area contributed by atoms with E-state index in [9.17, 15) is 4.79 Å². The van der Waals surface area contributed by atoms with Gasteiger partial charge < -0.3 is 15.4 Å². The van der Waals surface area contributed by atoms with E-state index in [1.54, 1.807) is 6.07 Å². The standard InChI is InChI=1S/C15H20N2O2/c1-10-4-2-5-11(16)14(10)15(18)17-8-9-19-13-7-3-6-12(13)17/h2,4-5,12-13H,3,6-9,16H2,1H3. The Labute approximate surface area is 113 Å². The first-order chi connectivity index (χ1) is 9.18. The van der Waals surface area contributed by atoms with Crippen molar-refractivity contribution in [1.82, 2.24) is 4.90 Å². The van der Waals surface area contributed by atoms with Crippen LogP contribution in [0.4, 0.5) is 5.69 Å². The van der Waals surface area contributed by atoms with Crippen LogP contribution in [0.2, 0.25) is 0 Å². The molecule has 1 aromatic rings. The minimum absolute atomic E-state index is 0.0656. The number of hydrogen-bond donors (Lipinski definition) is 1. The van der Waals surface area contributed by atoms with Crippen LogP contribution < -0.4 is 5.73 Å². The number of ether oxygens (including phenoxy) is 1. The van der Waals surface area contributed by atoms with Crippen LogP contribution >= 0.6 is 0 Å². The number of anilines is 1. The van der Waals surface area contributed by atoms with Gasteiger partial charge >= 0.3 is 0 Å². The van der Waals surface area contributed by atoms with E-state index in [2.05, 4.69) is 0 Å². The third-order valence-corrected chi connectivity index (χ3v) is 4.26. The van der Waals surface area contributed by atoms with E-state index < -0.39 is 0 Å². The molecule has 3 rings (SSSR count). The lowest BCUT2D eigenvalue weighted by Gasteiger charge is -2.38. The summed E-state index contributed by atoms with van der Waals surface area (Å²) in [7, 11) is 0. The van der Waals surface area contributed by atoms with Crippen molar-refractivity contribution in [2.45, 2.75) is 38.3 Å². The van der Waals surface area contributed by atoms with Gasteiger partial charge in [0.1, 0.15) is 0 Å². The van der Waals surface area contributed by atoms with Gasteiger partial charge in [0, 0.05) is 12.2 Å². The summed E-state index contributed by atoms with van der Waals surface area (Å²) in [4.78, 5) is 14.7. The maximum absolute atomic E-state index is 12.8. The van der Waals surface area contributed by atoms with Crippen LogP contribution in [0.3, 0.4) is 0 Å². The number of aryl methyl sites for hydroxylation is 1. The molecule has 1 aromatic carbocycles. The van der Waals surface area contributed by atoms with Gasteiger partial charge in [0.05, 0.1) is 24.3 Å². The lowest BCUT2D eigenvalue weighted by Crippen LogP contribution is -2.51. The molecule has 0 bridgehead atoms. The predicted octanol–water partition coefficient (Wildman–Crippen LogP) is 1.97. The highest BCUT2D eigenvalue weighted by molar-refractivity contribution is 6.00. The lowest BCUT2D eigenvalue weighted by atomic mass is 10.0. The smallest absolute Gasteiger partial charge is 0.256 e. The normalized spacial score (nSPS) is 26.3. The first kappa shape index (κ1) is 12.5. The largest absolute Gasteiger partial charge is 0.398 e. The second kappa shape index (κ2) is 4.85. The summed E-state index contributed by atoms with van der Waals surface area (Å²) in [6, 6.07) is 5.86. The highest BCUT2D eigenvalue weighted by Gasteiger charge is 2.39. The molecule has 4 heteroatoms. The predicted molar refractivity (Wildman–Crippen MR) is 74.0 cm³/mol. The number of rotatable bonds is 1. The number of amides is 1. The number of carbonyl (C=O) groups is 1. The maximum Gasteiger partial charge on any atom is 0.256 e. The third kappa shape index (κ3) is 2.10. The fourth-order valence-corrected chi connectivity index (χ4v) is 3.30. The van der Waals surface area contributed by atoms with Crippen LogP contribution in [0, 0.1) is 6.92 Å². The van der Waals surface area contributed by atoms with E-state index >= 15 is 0 Å². The van der Waals surface area contributed by atoms with E-state index in [4.69, 9.17) is 10.5 Å². The molecule has 102 valence electrons. The fraction of sp³-hybridized carbons (Fsp3) is 0.533. The van der Waals surface area contributed by atoms with Crippen molar-refractivity contribution in [3.05, 3.63) is 29.3 Å². The van der Waals surface area contributed by atoms with Crippen LogP contribution in [-0.4, -0.2) is 36.1 Å². The summed E-state index contributed by atoms with van der Waals surface area (Å²) < 4.78 is 5.75. The minimum Gasteiger partial charge on any atom is -0.398 e. The van der Waals surface area contributed by atoms with Crippen molar-refractivity contribution in [2.24, 2.45) is 0 Å². The quantitative estimate of drug-likeness (QED) is 0.785. The van der Waals surface area contributed by atoms with Crippen molar-refractivity contribution in [3.8, 4) is 0 Å². The monoisotopic (exact) mass is 260 g/mol. The summed E-state index contributed by atoms with van der Waals surface area (Å²) in [5.74, 6) is 0.0656. The molecule has 2 aliphatic rings. The summed E-state index contributed by atoms with van der Waals surface area (Å²) in [6.45, 7) is 3.25. The summed E-state index contributed by atoms with van der Waals surface area (Å²) in [6.07, 6.45) is 3.48. The Balaban J connectivity index is 1.91. The molecule has 2 N–H and O–H groups in total. The Morgan fingerprint density at radius 2 is 2.26 bits per heavy atom. The fourth-order valence-electron chi connectivity index (χ4n) is 3.30. The van der Waals surface area contributed by atoms with E-state index in [0.29, 0.717) is 24.4 Å². The van der Waals surface area contributed by atoms with E-state index in [1.807, 2.05) is 24.0 Å². The Kier molecular flexibility index (Phi) is 3.19. The second-order valence-electron chi connectivity index (χ2n) is 5.45. The molecule has 1 heterocycles. The van der Waals surface area contributed by atoms with Crippen molar-refractivity contribution in [3.63, 3.8) is 0 Å². The number of benzene rings is 1. The van der Waals surface area contributed by atoms with E-state index in [-0.39, 0.29) is 18.1 Å². The zero-order valence-corrected chi connectivity index (χ0v) is 11.3. The van der Waals surface area contributed by atoms with Gasteiger partial charge in [-0.15, -0.1) is 0 Å². The van der Waals surface area contributed by atoms with Gasteiger partial charge in [0.2, 0.25) is 0 Å². The Morgan fingerprint density at radius 1 is 1.42 bits per heavy atom. The number of nitrogens with two attached hydrogens (primary N) is 1. The lowest BCUT2D eigenvalue weighted by molar-refractivity contribution is -0.0445. The average Bonchev–Trinajstić information content (AvgIpc) is 2.86. The molecule has 2 unspecified atom stereocenters. The highest BCUT2D eigenvalue weighted by atomic mass is 16.5. The summed E-state index contributed by atoms with van der Waals surface area (Å²) >= 11 is 0. The molecule has 0 spiro atoms. The molecule has 1 aliphatic carbocycles. The number of hydrogen-bond acceptors (Lipinski definition) is 3. The average molecular weight is 260 g/mol. The zero-order chi connectivity index (χ0) is 13.4. The summed E-state index contributed by atoms with van der Waals surface area (Å²) in [5, 5.41) is 0. The van der Waals surface area contributed by atoms with E-state index in [1.165, 1.54) is 0 Å². The molecular formula is C15H20N2O2. The van der Waals surface area contributed by atoms with Gasteiger partial charge in [-0.2, -0.15) is 0 Å². The van der Waals surface area contributed by atoms with Gasteiger partial charge in [-0.25, -0.2) is 0 Å². The molecular weight excluding hydrogens is 240 g/mol. The van der Waals surface area contributed by atoms with Gasteiger partial charge in [-0.1, -0.05) is 12.1 Å². The van der Waals surface area contributed by atoms with Crippen LogP contribution in [0.25, 0.3) is 0 Å². The van der Waals surface area contributed by atoms with Crippen molar-refractivity contribution in [1.29, 1.82) is 0 Å². The molecule has 19 heavy (non-hydrogen) atoms. The van der Waals surface area contributed by atoms with Gasteiger partial charge in [-0.05, 0) is 37.8 Å². The Morgan fingerprint density at radius 3 is 3.05 bits per heavy atom. The Bertz CT molecular complexity index is 481. The molecule has 4 nitrogen and oxygen atoms in total. The van der Waals surface area contributed by atoms with Gasteiger partial charge in [-0.3, -0.25) is 4.79 Å². The molecule has 1 aliphatic heterocycles. The van der Waals surface area contributed by atoms with Gasteiger partial charge in [0.15, 0.2) is 0 Å². The Hall–Kier alpha value is -1.55. The minimum atomic E-state index is 0.0656. The first-order valence-corrected chi connectivity index (χ1v) is 6.96. The van der Waals surface area contributed by atoms with Crippen LogP contribution in [0.1, 0.15) is 35.2 Å². The van der Waals surface area contributed by atoms with Crippen LogP contribution in [0.15, 0.2) is 18.2 Å². The molecule has 1 saturated heterocycles. The highest BCUT2D eigenvalue weighted by Crippen LogP contribution is 2.31. The van der Waals surface area contributed by atoms with Crippen LogP contribution in [-0.2, 0) is 4.74 Å². The second-order valence-corrected chi connectivity index (χ2v) is 5.45. The zero-order valence-electron chi connectivity index (χ0n) is 11.3.